The number of carbonyl (C=O) groups is 2. The van der Waals surface area contributed by atoms with Gasteiger partial charge in [-0.2, -0.15) is 0 Å². The van der Waals surface area contributed by atoms with Crippen LogP contribution in [0, 0.1) is 0 Å². The highest BCUT2D eigenvalue weighted by molar-refractivity contribution is 5.93. The zero-order valence-corrected chi connectivity index (χ0v) is 13.3. The molecule has 0 bridgehead atoms. The van der Waals surface area contributed by atoms with Crippen molar-refractivity contribution in [3.63, 3.8) is 0 Å². The van der Waals surface area contributed by atoms with Crippen LogP contribution in [0.4, 0.5) is 4.79 Å². The zero-order chi connectivity index (χ0) is 17.4. The normalized spacial score (nSPS) is 10.1. The van der Waals surface area contributed by atoms with Gasteiger partial charge in [-0.15, -0.1) is 0 Å². The lowest BCUT2D eigenvalue weighted by atomic mass is 10.1. The molecule has 2 amide bonds. The monoisotopic (exact) mass is 329 g/mol. The maximum absolute atomic E-state index is 11.6. The summed E-state index contributed by atoms with van der Waals surface area (Å²) in [4.78, 5) is 26.6. The fraction of sp³-hybridized carbons (Fsp3) is 0.235. The molecule has 7 heteroatoms. The Bertz CT molecular complexity index is 701. The van der Waals surface area contributed by atoms with E-state index in [-0.39, 0.29) is 12.4 Å². The molecule has 1 aromatic carbocycles. The number of imide groups is 1. The predicted octanol–water partition coefficient (Wildman–Crippen LogP) is 1.80. The van der Waals surface area contributed by atoms with Crippen molar-refractivity contribution in [1.29, 1.82) is 0 Å². The highest BCUT2D eigenvalue weighted by atomic mass is 16.6. The lowest BCUT2D eigenvalue weighted by Gasteiger charge is -2.11. The molecule has 0 aliphatic rings. The third-order valence-electron chi connectivity index (χ3n) is 3.18. The van der Waals surface area contributed by atoms with Gasteiger partial charge in [-0.3, -0.25) is 10.1 Å². The molecule has 0 aliphatic carbocycles. The van der Waals surface area contributed by atoms with Crippen molar-refractivity contribution in [2.45, 2.75) is 20.0 Å². The van der Waals surface area contributed by atoms with Crippen molar-refractivity contribution in [3.8, 4) is 11.6 Å². The van der Waals surface area contributed by atoms with Crippen LogP contribution in [-0.4, -0.2) is 23.5 Å². The number of pyridine rings is 1. The Balaban J connectivity index is 1.99. The lowest BCUT2D eigenvalue weighted by molar-refractivity contribution is -0.118. The van der Waals surface area contributed by atoms with Crippen LogP contribution in [0.1, 0.15) is 18.1 Å². The summed E-state index contributed by atoms with van der Waals surface area (Å²) in [6.07, 6.45) is 1.47. The molecule has 0 radical (unpaired) electrons. The number of rotatable bonds is 6. The number of nitrogens with one attached hydrogen (secondary N) is 1. The minimum atomic E-state index is -0.957. The third kappa shape index (κ3) is 5.06. The van der Waals surface area contributed by atoms with E-state index < -0.39 is 12.0 Å². The van der Waals surface area contributed by atoms with Gasteiger partial charge >= 0.3 is 6.09 Å². The molecule has 1 heterocycles. The number of hydrogen-bond donors (Lipinski definition) is 2. The van der Waals surface area contributed by atoms with Gasteiger partial charge in [-0.05, 0) is 29.7 Å². The summed E-state index contributed by atoms with van der Waals surface area (Å²) >= 11 is 0. The van der Waals surface area contributed by atoms with Crippen LogP contribution in [0.15, 0.2) is 42.6 Å². The maximum atomic E-state index is 11.6. The van der Waals surface area contributed by atoms with Crippen LogP contribution in [-0.2, 0) is 17.8 Å². The SMILES string of the molecule is CCc1ccc(COc2cccnc2OC(=O)NC(=O)CN)cc1. The first kappa shape index (κ1) is 17.4. The van der Waals surface area contributed by atoms with Gasteiger partial charge in [-0.1, -0.05) is 31.2 Å². The van der Waals surface area contributed by atoms with E-state index in [1.54, 1.807) is 12.1 Å². The highest BCUT2D eigenvalue weighted by Crippen LogP contribution is 2.24. The van der Waals surface area contributed by atoms with E-state index in [9.17, 15) is 9.59 Å². The number of ether oxygens (including phenoxy) is 2. The van der Waals surface area contributed by atoms with E-state index in [0.717, 1.165) is 12.0 Å². The number of aryl methyl sites for hydroxylation is 1. The first-order chi connectivity index (χ1) is 11.6. The summed E-state index contributed by atoms with van der Waals surface area (Å²) < 4.78 is 10.6. The van der Waals surface area contributed by atoms with E-state index in [1.165, 1.54) is 11.8 Å². The number of benzene rings is 1. The van der Waals surface area contributed by atoms with Crippen molar-refractivity contribution >= 4 is 12.0 Å². The van der Waals surface area contributed by atoms with E-state index in [0.29, 0.717) is 12.4 Å². The molecular formula is C17H19N3O4. The van der Waals surface area contributed by atoms with E-state index in [4.69, 9.17) is 15.2 Å². The topological polar surface area (TPSA) is 104 Å². The minimum absolute atomic E-state index is 0.0231. The van der Waals surface area contributed by atoms with Gasteiger partial charge in [0.05, 0.1) is 6.54 Å². The standard InChI is InChI=1S/C17H19N3O4/c1-2-12-5-7-13(8-6-12)11-23-14-4-3-9-19-16(14)24-17(22)20-15(21)10-18/h3-9H,2,10-11,18H2,1H3,(H,20,21,22). The average molecular weight is 329 g/mol. The van der Waals surface area contributed by atoms with E-state index >= 15 is 0 Å². The molecule has 3 N–H and O–H groups in total. The molecule has 0 fully saturated rings. The molecular weight excluding hydrogens is 310 g/mol. The number of nitrogens with zero attached hydrogens (tertiary/aromatic N) is 1. The molecule has 126 valence electrons. The molecule has 0 saturated carbocycles. The van der Waals surface area contributed by atoms with Gasteiger partial charge in [0.15, 0.2) is 5.75 Å². The summed E-state index contributed by atoms with van der Waals surface area (Å²) in [6.45, 7) is 2.08. The summed E-state index contributed by atoms with van der Waals surface area (Å²) in [5, 5.41) is 1.97. The van der Waals surface area contributed by atoms with Gasteiger partial charge in [0.2, 0.25) is 5.91 Å². The van der Waals surface area contributed by atoms with Gasteiger partial charge in [0.1, 0.15) is 6.61 Å². The summed E-state index contributed by atoms with van der Waals surface area (Å²) in [7, 11) is 0. The molecule has 7 nitrogen and oxygen atoms in total. The van der Waals surface area contributed by atoms with Crippen LogP contribution >= 0.6 is 0 Å². The molecule has 2 aromatic rings. The molecule has 0 aliphatic heterocycles. The van der Waals surface area contributed by atoms with Crippen molar-refractivity contribution in [2.24, 2.45) is 5.73 Å². The smallest absolute Gasteiger partial charge is 0.420 e. The average Bonchev–Trinajstić information content (AvgIpc) is 2.61. The molecule has 0 saturated heterocycles. The van der Waals surface area contributed by atoms with Crippen LogP contribution in [0.5, 0.6) is 11.6 Å². The fourth-order valence-corrected chi connectivity index (χ4v) is 1.87. The zero-order valence-electron chi connectivity index (χ0n) is 13.3. The Morgan fingerprint density at radius 2 is 1.88 bits per heavy atom. The maximum Gasteiger partial charge on any atom is 0.420 e. The molecule has 1 aromatic heterocycles. The van der Waals surface area contributed by atoms with Crippen molar-refractivity contribution in [2.75, 3.05) is 6.54 Å². The first-order valence-corrected chi connectivity index (χ1v) is 7.49. The quantitative estimate of drug-likeness (QED) is 0.837. The van der Waals surface area contributed by atoms with Crippen molar-refractivity contribution < 1.29 is 19.1 Å². The van der Waals surface area contributed by atoms with Crippen LogP contribution in [0.3, 0.4) is 0 Å². The number of amides is 2. The first-order valence-electron chi connectivity index (χ1n) is 7.49. The third-order valence-corrected chi connectivity index (χ3v) is 3.18. The minimum Gasteiger partial charge on any atom is -0.483 e. The van der Waals surface area contributed by atoms with Crippen molar-refractivity contribution in [3.05, 3.63) is 53.7 Å². The van der Waals surface area contributed by atoms with E-state index in [2.05, 4.69) is 11.9 Å². The second-order valence-corrected chi connectivity index (χ2v) is 4.91. The molecule has 0 spiro atoms. The Morgan fingerprint density at radius 1 is 1.17 bits per heavy atom. The Hall–Kier alpha value is -2.93. The van der Waals surface area contributed by atoms with Crippen LogP contribution in [0.2, 0.25) is 0 Å². The number of hydrogen-bond acceptors (Lipinski definition) is 6. The molecule has 0 atom stereocenters. The van der Waals surface area contributed by atoms with Gasteiger partial charge in [0, 0.05) is 6.20 Å². The van der Waals surface area contributed by atoms with Crippen LogP contribution in [0.25, 0.3) is 0 Å². The number of nitrogens with two attached hydrogens (primary N) is 1. The predicted molar refractivity (Wildman–Crippen MR) is 87.6 cm³/mol. The molecule has 2 rings (SSSR count). The summed E-state index contributed by atoms with van der Waals surface area (Å²) in [6, 6.07) is 11.3. The van der Waals surface area contributed by atoms with Gasteiger partial charge < -0.3 is 15.2 Å². The Kier molecular flexibility index (Phi) is 6.27. The second kappa shape index (κ2) is 8.64. The number of carbonyl (C=O) groups excluding carboxylic acids is 2. The largest absolute Gasteiger partial charge is 0.483 e. The molecule has 24 heavy (non-hydrogen) atoms. The second-order valence-electron chi connectivity index (χ2n) is 4.91. The van der Waals surface area contributed by atoms with Gasteiger partial charge in [0.25, 0.3) is 5.88 Å². The summed E-state index contributed by atoms with van der Waals surface area (Å²) in [5.41, 5.74) is 7.33. The van der Waals surface area contributed by atoms with Crippen molar-refractivity contribution in [1.82, 2.24) is 10.3 Å². The van der Waals surface area contributed by atoms with E-state index in [1.807, 2.05) is 29.6 Å². The lowest BCUT2D eigenvalue weighted by Crippen LogP contribution is -2.37. The Morgan fingerprint density at radius 3 is 2.54 bits per heavy atom. The summed E-state index contributed by atoms with van der Waals surface area (Å²) in [5.74, 6) is -0.369. The fourth-order valence-electron chi connectivity index (χ4n) is 1.87. The highest BCUT2D eigenvalue weighted by Gasteiger charge is 2.13. The van der Waals surface area contributed by atoms with Gasteiger partial charge in [-0.25, -0.2) is 9.78 Å². The van der Waals surface area contributed by atoms with Crippen LogP contribution < -0.4 is 20.5 Å². The number of aromatic nitrogens is 1. The Labute approximate surface area is 139 Å². The molecule has 0 unspecified atom stereocenters.